The molecule has 0 amide bonds. The van der Waals surface area contributed by atoms with Gasteiger partial charge in [0, 0.05) is 22.5 Å². The van der Waals surface area contributed by atoms with Gasteiger partial charge in [-0.15, -0.1) is 0 Å². The molecule has 4 N–H and O–H groups in total. The molecule has 0 heterocycles. The number of hydrogen-bond acceptors (Lipinski definition) is 2. The molecule has 2 rings (SSSR count). The molecule has 0 bridgehead atoms. The Kier molecular flexibility index (Phi) is 3.09. The van der Waals surface area contributed by atoms with Crippen molar-refractivity contribution < 1.29 is 17.6 Å². The van der Waals surface area contributed by atoms with E-state index in [4.69, 9.17) is 11.5 Å². The minimum Gasteiger partial charge on any atom is -0.399 e. The first kappa shape index (κ1) is 13.2. The van der Waals surface area contributed by atoms with Gasteiger partial charge in [0.05, 0.1) is 5.56 Å². The quantitative estimate of drug-likeness (QED) is 0.613. The van der Waals surface area contributed by atoms with Crippen molar-refractivity contribution in [1.29, 1.82) is 0 Å². The predicted molar refractivity (Wildman–Crippen MR) is 65.7 cm³/mol. The molecule has 0 fully saturated rings. The molecule has 0 radical (unpaired) electrons. The molecule has 6 heteroatoms. The maximum absolute atomic E-state index is 13.8. The molecule has 0 spiro atoms. The third kappa shape index (κ3) is 2.62. The number of rotatable bonds is 1. The second kappa shape index (κ2) is 4.46. The third-order valence-corrected chi connectivity index (χ3v) is 2.66. The minimum absolute atomic E-state index is 0.0159. The lowest BCUT2D eigenvalue weighted by Crippen LogP contribution is -2.05. The zero-order valence-electron chi connectivity index (χ0n) is 9.63. The van der Waals surface area contributed by atoms with Crippen molar-refractivity contribution in [2.45, 2.75) is 6.18 Å². The topological polar surface area (TPSA) is 52.0 Å². The Bertz CT molecular complexity index is 621. The Morgan fingerprint density at radius 2 is 1.53 bits per heavy atom. The third-order valence-electron chi connectivity index (χ3n) is 2.66. The van der Waals surface area contributed by atoms with Crippen LogP contribution in [0.2, 0.25) is 0 Å². The summed E-state index contributed by atoms with van der Waals surface area (Å²) in [5, 5.41) is 0. The second-order valence-corrected chi connectivity index (χ2v) is 4.04. The fourth-order valence-corrected chi connectivity index (χ4v) is 1.72. The van der Waals surface area contributed by atoms with E-state index >= 15 is 0 Å². The molecule has 0 unspecified atom stereocenters. The maximum Gasteiger partial charge on any atom is 0.416 e. The van der Waals surface area contributed by atoms with Crippen LogP contribution in [0.5, 0.6) is 0 Å². The van der Waals surface area contributed by atoms with Crippen molar-refractivity contribution in [3.8, 4) is 11.1 Å². The van der Waals surface area contributed by atoms with Crippen LogP contribution in [0.3, 0.4) is 0 Å². The lowest BCUT2D eigenvalue weighted by atomic mass is 10.0. The smallest absolute Gasteiger partial charge is 0.399 e. The van der Waals surface area contributed by atoms with Crippen LogP contribution in [0, 0.1) is 5.82 Å². The highest BCUT2D eigenvalue weighted by molar-refractivity contribution is 5.79. The van der Waals surface area contributed by atoms with Gasteiger partial charge in [0.1, 0.15) is 5.82 Å². The lowest BCUT2D eigenvalue weighted by molar-refractivity contribution is -0.137. The molecule has 0 aliphatic heterocycles. The Labute approximate surface area is 106 Å². The number of halogens is 4. The molecule has 2 aromatic rings. The summed E-state index contributed by atoms with van der Waals surface area (Å²) in [4.78, 5) is 0. The molecule has 0 atom stereocenters. The van der Waals surface area contributed by atoms with Gasteiger partial charge in [-0.05, 0) is 30.3 Å². The Balaban J connectivity index is 2.55. The zero-order chi connectivity index (χ0) is 14.2. The van der Waals surface area contributed by atoms with E-state index in [1.165, 1.54) is 18.2 Å². The Hall–Kier alpha value is -2.24. The normalized spacial score (nSPS) is 11.6. The highest BCUT2D eigenvalue weighted by Gasteiger charge is 2.31. The molecule has 19 heavy (non-hydrogen) atoms. The highest BCUT2D eigenvalue weighted by atomic mass is 19.4. The molecular weight excluding hydrogens is 260 g/mol. The highest BCUT2D eigenvalue weighted by Crippen LogP contribution is 2.35. The maximum atomic E-state index is 13.8. The number of alkyl halides is 3. The predicted octanol–water partition coefficient (Wildman–Crippen LogP) is 3.68. The average Bonchev–Trinajstić information content (AvgIpc) is 2.31. The number of benzene rings is 2. The number of hydrogen-bond donors (Lipinski definition) is 2. The van der Waals surface area contributed by atoms with E-state index in [-0.39, 0.29) is 16.8 Å². The van der Waals surface area contributed by atoms with Crippen molar-refractivity contribution in [2.24, 2.45) is 0 Å². The molecule has 100 valence electrons. The van der Waals surface area contributed by atoms with Gasteiger partial charge < -0.3 is 11.5 Å². The van der Waals surface area contributed by atoms with Crippen LogP contribution in [0.4, 0.5) is 28.9 Å². The summed E-state index contributed by atoms with van der Waals surface area (Å²) in [6.07, 6.45) is -4.58. The van der Waals surface area contributed by atoms with E-state index in [2.05, 4.69) is 0 Å². The van der Waals surface area contributed by atoms with E-state index in [0.29, 0.717) is 11.8 Å². The van der Waals surface area contributed by atoms with Crippen LogP contribution < -0.4 is 11.5 Å². The second-order valence-electron chi connectivity index (χ2n) is 4.04. The minimum atomic E-state index is -4.58. The molecule has 0 aliphatic rings. The van der Waals surface area contributed by atoms with Crippen molar-refractivity contribution in [2.75, 3.05) is 11.5 Å². The number of nitrogen functional groups attached to an aromatic ring is 2. The summed E-state index contributed by atoms with van der Waals surface area (Å²) in [5.74, 6) is -0.993. The molecule has 0 aromatic heterocycles. The molecule has 2 nitrogen and oxygen atoms in total. The zero-order valence-corrected chi connectivity index (χ0v) is 9.63. The lowest BCUT2D eigenvalue weighted by Gasteiger charge is -2.11. The monoisotopic (exact) mass is 270 g/mol. The van der Waals surface area contributed by atoms with Crippen molar-refractivity contribution >= 4 is 11.4 Å². The van der Waals surface area contributed by atoms with Gasteiger partial charge in [-0.25, -0.2) is 4.39 Å². The average molecular weight is 270 g/mol. The van der Waals surface area contributed by atoms with Crippen LogP contribution in [0.1, 0.15) is 5.56 Å². The van der Waals surface area contributed by atoms with Crippen molar-refractivity contribution in [1.82, 2.24) is 0 Å². The van der Waals surface area contributed by atoms with E-state index in [1.807, 2.05) is 0 Å². The molecule has 2 aromatic carbocycles. The summed E-state index contributed by atoms with van der Waals surface area (Å²) in [6, 6.07) is 6.71. The summed E-state index contributed by atoms with van der Waals surface area (Å²) in [6.45, 7) is 0. The van der Waals surface area contributed by atoms with Gasteiger partial charge in [-0.3, -0.25) is 0 Å². The Morgan fingerprint density at radius 3 is 2.11 bits per heavy atom. The Morgan fingerprint density at radius 1 is 0.842 bits per heavy atom. The van der Waals surface area contributed by atoms with Crippen LogP contribution >= 0.6 is 0 Å². The van der Waals surface area contributed by atoms with Crippen LogP contribution in [-0.4, -0.2) is 0 Å². The van der Waals surface area contributed by atoms with E-state index < -0.39 is 17.6 Å². The molecule has 0 aliphatic carbocycles. The van der Waals surface area contributed by atoms with Crippen molar-refractivity contribution in [3.05, 3.63) is 47.8 Å². The SMILES string of the molecule is Nc1ccc(N)c(-c2ccc(C(F)(F)F)cc2F)c1. The largest absolute Gasteiger partial charge is 0.416 e. The first-order valence-corrected chi connectivity index (χ1v) is 5.31. The molecular formula is C13H10F4N2. The number of nitrogens with two attached hydrogens (primary N) is 2. The van der Waals surface area contributed by atoms with Gasteiger partial charge in [0.2, 0.25) is 0 Å². The van der Waals surface area contributed by atoms with Crippen molar-refractivity contribution in [3.63, 3.8) is 0 Å². The van der Waals surface area contributed by atoms with Crippen LogP contribution in [0.25, 0.3) is 11.1 Å². The standard InChI is InChI=1S/C13H10F4N2/c14-11-5-7(13(15,16)17)1-3-9(11)10-6-8(18)2-4-12(10)19/h1-6H,18-19H2. The summed E-state index contributed by atoms with van der Waals surface area (Å²) < 4.78 is 51.1. The summed E-state index contributed by atoms with van der Waals surface area (Å²) in [5.41, 5.74) is 11.0. The first-order chi connectivity index (χ1) is 8.79. The van der Waals surface area contributed by atoms with Gasteiger partial charge >= 0.3 is 6.18 Å². The van der Waals surface area contributed by atoms with Crippen LogP contribution in [-0.2, 0) is 6.18 Å². The summed E-state index contributed by atoms with van der Waals surface area (Å²) >= 11 is 0. The van der Waals surface area contributed by atoms with Crippen LogP contribution in [0.15, 0.2) is 36.4 Å². The van der Waals surface area contributed by atoms with E-state index in [1.54, 1.807) is 0 Å². The van der Waals surface area contributed by atoms with E-state index in [9.17, 15) is 17.6 Å². The number of anilines is 2. The molecule has 0 saturated heterocycles. The van der Waals surface area contributed by atoms with E-state index in [0.717, 1.165) is 12.1 Å². The van der Waals surface area contributed by atoms with Gasteiger partial charge in [-0.2, -0.15) is 13.2 Å². The fraction of sp³-hybridized carbons (Fsp3) is 0.0769. The summed E-state index contributed by atoms with van der Waals surface area (Å²) in [7, 11) is 0. The fourth-order valence-electron chi connectivity index (χ4n) is 1.72. The molecule has 0 saturated carbocycles. The first-order valence-electron chi connectivity index (χ1n) is 5.31. The van der Waals surface area contributed by atoms with Gasteiger partial charge in [-0.1, -0.05) is 6.07 Å². The van der Waals surface area contributed by atoms with Gasteiger partial charge in [0.25, 0.3) is 0 Å². The van der Waals surface area contributed by atoms with Gasteiger partial charge in [0.15, 0.2) is 0 Å².